The second kappa shape index (κ2) is 8.71. The van der Waals surface area contributed by atoms with Crippen LogP contribution in [0.1, 0.15) is 56.7 Å². The van der Waals surface area contributed by atoms with Crippen LogP contribution in [0.2, 0.25) is 0 Å². The molecule has 1 aliphatic carbocycles. The molecule has 1 aromatic heterocycles. The third-order valence-electron chi connectivity index (χ3n) is 5.56. The summed E-state index contributed by atoms with van der Waals surface area (Å²) in [5.41, 5.74) is 0.728. The van der Waals surface area contributed by atoms with Gasteiger partial charge in [-0.05, 0) is 37.5 Å². The largest absolute Gasteiger partial charge is 0.356 e. The molecule has 152 valence electrons. The molecule has 0 bridgehead atoms. The minimum Gasteiger partial charge on any atom is -0.356 e. The van der Waals surface area contributed by atoms with E-state index in [1.165, 1.54) is 18.9 Å². The second-order valence-electron chi connectivity index (χ2n) is 8.26. The number of halogens is 1. The van der Waals surface area contributed by atoms with Gasteiger partial charge in [0.05, 0.1) is 0 Å². The number of benzene rings is 1. The Morgan fingerprint density at radius 2 is 2.04 bits per heavy atom. The maximum Gasteiger partial charge on any atom is 0.191 e. The van der Waals surface area contributed by atoms with E-state index in [9.17, 15) is 4.39 Å². The van der Waals surface area contributed by atoms with Crippen LogP contribution in [0.4, 0.5) is 4.39 Å². The third kappa shape index (κ3) is 5.09. The Bertz CT molecular complexity index is 820. The molecule has 0 atom stereocenters. The van der Waals surface area contributed by atoms with Crippen LogP contribution in [-0.2, 0) is 19.0 Å². The molecule has 0 unspecified atom stereocenters. The van der Waals surface area contributed by atoms with E-state index in [2.05, 4.69) is 34.7 Å². The van der Waals surface area contributed by atoms with Crippen LogP contribution < -0.4 is 10.6 Å². The molecular formula is C21H31FN6. The van der Waals surface area contributed by atoms with Crippen molar-refractivity contribution in [2.24, 2.45) is 12.0 Å². The number of nitrogens with one attached hydrogen (secondary N) is 2. The molecule has 1 aliphatic rings. The Morgan fingerprint density at radius 1 is 1.29 bits per heavy atom. The molecule has 2 aromatic rings. The van der Waals surface area contributed by atoms with Gasteiger partial charge in [0.2, 0.25) is 0 Å². The fourth-order valence-electron chi connectivity index (χ4n) is 3.47. The zero-order valence-corrected chi connectivity index (χ0v) is 17.3. The summed E-state index contributed by atoms with van der Waals surface area (Å²) in [6, 6.07) is 7.25. The summed E-state index contributed by atoms with van der Waals surface area (Å²) >= 11 is 0. The Balaban J connectivity index is 1.70. The molecule has 0 aliphatic heterocycles. The van der Waals surface area contributed by atoms with Gasteiger partial charge >= 0.3 is 0 Å². The first-order valence-electron chi connectivity index (χ1n) is 10.0. The molecule has 1 fully saturated rings. The Hall–Kier alpha value is -2.44. The molecular weight excluding hydrogens is 355 g/mol. The van der Waals surface area contributed by atoms with Crippen LogP contribution in [0.5, 0.6) is 0 Å². The standard InChI is InChI=1S/C21H31FN6/c1-15-26-27-19(28(15)4)13-23-20(25-18-10-5-6-11-18)24-14-21(2,3)16-8-7-9-17(22)12-16/h7-9,12,18H,5-6,10-11,13-14H2,1-4H3,(H2,23,24,25). The van der Waals surface area contributed by atoms with Gasteiger partial charge in [0.15, 0.2) is 11.8 Å². The molecule has 3 rings (SSSR count). The van der Waals surface area contributed by atoms with E-state index in [1.54, 1.807) is 12.1 Å². The van der Waals surface area contributed by atoms with Crippen molar-refractivity contribution in [3.63, 3.8) is 0 Å². The van der Waals surface area contributed by atoms with Crippen LogP contribution in [0.15, 0.2) is 29.3 Å². The van der Waals surface area contributed by atoms with E-state index in [0.29, 0.717) is 19.1 Å². The Kier molecular flexibility index (Phi) is 6.31. The summed E-state index contributed by atoms with van der Waals surface area (Å²) in [5.74, 6) is 2.27. The number of nitrogens with zero attached hydrogens (tertiary/aromatic N) is 4. The first kappa shape index (κ1) is 20.3. The third-order valence-corrected chi connectivity index (χ3v) is 5.56. The summed E-state index contributed by atoms with van der Waals surface area (Å²) in [4.78, 5) is 4.74. The Labute approximate surface area is 166 Å². The molecule has 1 heterocycles. The van der Waals surface area contributed by atoms with Gasteiger partial charge in [-0.3, -0.25) is 0 Å². The van der Waals surface area contributed by atoms with Crippen molar-refractivity contribution in [3.05, 3.63) is 47.3 Å². The smallest absolute Gasteiger partial charge is 0.191 e. The van der Waals surface area contributed by atoms with Crippen LogP contribution in [0.3, 0.4) is 0 Å². The van der Waals surface area contributed by atoms with Crippen LogP contribution >= 0.6 is 0 Å². The number of aliphatic imine (C=N–C) groups is 1. The van der Waals surface area contributed by atoms with E-state index in [1.807, 2.05) is 24.6 Å². The number of aromatic nitrogens is 3. The summed E-state index contributed by atoms with van der Waals surface area (Å²) < 4.78 is 15.6. The lowest BCUT2D eigenvalue weighted by Gasteiger charge is -2.27. The summed E-state index contributed by atoms with van der Waals surface area (Å²) in [5, 5.41) is 15.3. The minimum atomic E-state index is -0.235. The molecule has 2 N–H and O–H groups in total. The summed E-state index contributed by atoms with van der Waals surface area (Å²) in [6.45, 7) is 7.24. The summed E-state index contributed by atoms with van der Waals surface area (Å²) in [6.07, 6.45) is 4.83. The highest BCUT2D eigenvalue weighted by Gasteiger charge is 2.23. The predicted octanol–water partition coefficient (Wildman–Crippen LogP) is 3.22. The van der Waals surface area contributed by atoms with E-state index in [-0.39, 0.29) is 11.2 Å². The molecule has 0 amide bonds. The lowest BCUT2D eigenvalue weighted by molar-refractivity contribution is 0.497. The SMILES string of the molecule is Cc1nnc(CN=C(NCC(C)(C)c2cccc(F)c2)NC2CCCC2)n1C. The molecule has 0 spiro atoms. The average molecular weight is 387 g/mol. The molecule has 1 aromatic carbocycles. The monoisotopic (exact) mass is 386 g/mol. The van der Waals surface area contributed by atoms with Crippen molar-refractivity contribution in [2.75, 3.05) is 6.54 Å². The highest BCUT2D eigenvalue weighted by Crippen LogP contribution is 2.23. The quantitative estimate of drug-likeness (QED) is 0.591. The van der Waals surface area contributed by atoms with Gasteiger partial charge in [0.1, 0.15) is 18.2 Å². The zero-order valence-electron chi connectivity index (χ0n) is 17.3. The van der Waals surface area contributed by atoms with Gasteiger partial charge in [0, 0.05) is 25.0 Å². The lowest BCUT2D eigenvalue weighted by atomic mass is 9.84. The Morgan fingerprint density at radius 3 is 2.68 bits per heavy atom. The van der Waals surface area contributed by atoms with E-state index in [0.717, 1.165) is 36.0 Å². The maximum absolute atomic E-state index is 13.6. The highest BCUT2D eigenvalue weighted by atomic mass is 19.1. The van der Waals surface area contributed by atoms with Crippen molar-refractivity contribution in [1.82, 2.24) is 25.4 Å². The van der Waals surface area contributed by atoms with E-state index >= 15 is 0 Å². The normalized spacial score (nSPS) is 15.8. The molecule has 1 saturated carbocycles. The predicted molar refractivity (Wildman–Crippen MR) is 110 cm³/mol. The topological polar surface area (TPSA) is 67.1 Å². The highest BCUT2D eigenvalue weighted by molar-refractivity contribution is 5.80. The first-order chi connectivity index (χ1) is 13.3. The van der Waals surface area contributed by atoms with Crippen molar-refractivity contribution in [2.45, 2.75) is 64.5 Å². The number of hydrogen-bond acceptors (Lipinski definition) is 3. The fraction of sp³-hybridized carbons (Fsp3) is 0.571. The van der Waals surface area contributed by atoms with Gasteiger partial charge in [-0.25, -0.2) is 9.38 Å². The number of rotatable bonds is 6. The van der Waals surface area contributed by atoms with Gasteiger partial charge in [-0.15, -0.1) is 10.2 Å². The maximum atomic E-state index is 13.6. The van der Waals surface area contributed by atoms with Gasteiger partial charge in [-0.1, -0.05) is 38.8 Å². The van der Waals surface area contributed by atoms with E-state index < -0.39 is 0 Å². The molecule has 0 radical (unpaired) electrons. The molecule has 7 heteroatoms. The first-order valence-corrected chi connectivity index (χ1v) is 10.0. The zero-order chi connectivity index (χ0) is 20.1. The number of aryl methyl sites for hydroxylation is 1. The lowest BCUT2D eigenvalue weighted by Crippen LogP contribution is -2.46. The summed E-state index contributed by atoms with van der Waals surface area (Å²) in [7, 11) is 1.95. The molecule has 0 saturated heterocycles. The minimum absolute atomic E-state index is 0.207. The number of guanidine groups is 1. The average Bonchev–Trinajstić information content (AvgIpc) is 3.28. The van der Waals surface area contributed by atoms with Gasteiger partial charge in [0.25, 0.3) is 0 Å². The van der Waals surface area contributed by atoms with Crippen LogP contribution in [0, 0.1) is 12.7 Å². The van der Waals surface area contributed by atoms with Crippen molar-refractivity contribution < 1.29 is 4.39 Å². The van der Waals surface area contributed by atoms with Crippen molar-refractivity contribution in [1.29, 1.82) is 0 Å². The molecule has 28 heavy (non-hydrogen) atoms. The van der Waals surface area contributed by atoms with Gasteiger partial charge < -0.3 is 15.2 Å². The van der Waals surface area contributed by atoms with Crippen LogP contribution in [0.25, 0.3) is 0 Å². The van der Waals surface area contributed by atoms with Gasteiger partial charge in [-0.2, -0.15) is 0 Å². The van der Waals surface area contributed by atoms with Crippen LogP contribution in [-0.4, -0.2) is 33.3 Å². The van der Waals surface area contributed by atoms with Crippen molar-refractivity contribution >= 4 is 5.96 Å². The van der Waals surface area contributed by atoms with Crippen molar-refractivity contribution in [3.8, 4) is 0 Å². The fourth-order valence-corrected chi connectivity index (χ4v) is 3.47. The molecule has 6 nitrogen and oxygen atoms in total. The van der Waals surface area contributed by atoms with E-state index in [4.69, 9.17) is 4.99 Å². The number of hydrogen-bond donors (Lipinski definition) is 2. The second-order valence-corrected chi connectivity index (χ2v) is 8.26.